The standard InChI is InChI=1S/C11H12N4O2S/c1-6-5-12-15-10(6)14-11(17)8-3-4-9(18-8)13-7(2)16/h3-5H,1-2H3,(H,13,16)(H2,12,14,15,17). The quantitative estimate of drug-likeness (QED) is 0.792. The van der Waals surface area contributed by atoms with E-state index in [9.17, 15) is 9.59 Å². The zero-order valence-electron chi connectivity index (χ0n) is 9.90. The van der Waals surface area contributed by atoms with Gasteiger partial charge in [0.05, 0.1) is 16.1 Å². The number of rotatable bonds is 3. The second-order valence-corrected chi connectivity index (χ2v) is 4.81. The van der Waals surface area contributed by atoms with Crippen LogP contribution in [0.2, 0.25) is 0 Å². The summed E-state index contributed by atoms with van der Waals surface area (Å²) in [7, 11) is 0. The van der Waals surface area contributed by atoms with Gasteiger partial charge >= 0.3 is 0 Å². The molecular weight excluding hydrogens is 252 g/mol. The largest absolute Gasteiger partial charge is 0.318 e. The van der Waals surface area contributed by atoms with E-state index in [-0.39, 0.29) is 11.8 Å². The van der Waals surface area contributed by atoms with Gasteiger partial charge in [-0.2, -0.15) is 5.10 Å². The normalized spacial score (nSPS) is 10.1. The molecule has 6 nitrogen and oxygen atoms in total. The zero-order valence-corrected chi connectivity index (χ0v) is 10.7. The van der Waals surface area contributed by atoms with Crippen molar-refractivity contribution in [3.8, 4) is 0 Å². The molecule has 0 aromatic carbocycles. The van der Waals surface area contributed by atoms with E-state index in [1.54, 1.807) is 18.3 Å². The van der Waals surface area contributed by atoms with Crippen molar-refractivity contribution in [1.82, 2.24) is 10.2 Å². The maximum absolute atomic E-state index is 11.9. The third-order valence-electron chi connectivity index (χ3n) is 2.20. The van der Waals surface area contributed by atoms with E-state index in [0.29, 0.717) is 15.7 Å². The van der Waals surface area contributed by atoms with Crippen molar-refractivity contribution in [3.05, 3.63) is 28.8 Å². The van der Waals surface area contributed by atoms with Crippen LogP contribution in [0.4, 0.5) is 10.8 Å². The highest BCUT2D eigenvalue weighted by molar-refractivity contribution is 7.18. The summed E-state index contributed by atoms with van der Waals surface area (Å²) in [5.41, 5.74) is 0.863. The minimum atomic E-state index is -0.232. The van der Waals surface area contributed by atoms with E-state index >= 15 is 0 Å². The third kappa shape index (κ3) is 2.75. The van der Waals surface area contributed by atoms with Crippen molar-refractivity contribution in [1.29, 1.82) is 0 Å². The van der Waals surface area contributed by atoms with E-state index in [2.05, 4.69) is 20.8 Å². The SMILES string of the molecule is CC(=O)Nc1ccc(C(=O)Nc2[nH]ncc2C)s1. The molecule has 7 heteroatoms. The van der Waals surface area contributed by atoms with Crippen LogP contribution in [-0.4, -0.2) is 22.0 Å². The number of aromatic nitrogens is 2. The minimum Gasteiger partial charge on any atom is -0.318 e. The van der Waals surface area contributed by atoms with Gasteiger partial charge in [0.1, 0.15) is 5.82 Å². The summed E-state index contributed by atoms with van der Waals surface area (Å²) in [6, 6.07) is 3.36. The van der Waals surface area contributed by atoms with Gasteiger partial charge in [0.15, 0.2) is 0 Å². The molecule has 0 spiro atoms. The molecule has 3 N–H and O–H groups in total. The average Bonchev–Trinajstić information content (AvgIpc) is 2.88. The summed E-state index contributed by atoms with van der Waals surface area (Å²) in [5.74, 6) is 0.187. The summed E-state index contributed by atoms with van der Waals surface area (Å²) in [4.78, 5) is 23.3. The highest BCUT2D eigenvalue weighted by atomic mass is 32.1. The van der Waals surface area contributed by atoms with E-state index in [4.69, 9.17) is 0 Å². The molecule has 94 valence electrons. The Balaban J connectivity index is 2.07. The Bertz CT molecular complexity index is 587. The fourth-order valence-corrected chi connectivity index (χ4v) is 2.20. The molecule has 2 aromatic heterocycles. The Morgan fingerprint density at radius 2 is 2.11 bits per heavy atom. The van der Waals surface area contributed by atoms with Gasteiger partial charge in [-0.25, -0.2) is 0 Å². The third-order valence-corrected chi connectivity index (χ3v) is 3.20. The molecule has 0 saturated heterocycles. The van der Waals surface area contributed by atoms with Crippen LogP contribution < -0.4 is 10.6 Å². The topological polar surface area (TPSA) is 86.9 Å². The summed E-state index contributed by atoms with van der Waals surface area (Å²) in [6.07, 6.45) is 1.63. The Morgan fingerprint density at radius 1 is 1.33 bits per heavy atom. The summed E-state index contributed by atoms with van der Waals surface area (Å²) < 4.78 is 0. The maximum atomic E-state index is 11.9. The van der Waals surface area contributed by atoms with Crippen molar-refractivity contribution in [2.24, 2.45) is 0 Å². The molecular formula is C11H12N4O2S. The Kier molecular flexibility index (Phi) is 3.42. The lowest BCUT2D eigenvalue weighted by molar-refractivity contribution is -0.114. The molecule has 0 bridgehead atoms. The van der Waals surface area contributed by atoms with E-state index in [1.165, 1.54) is 18.3 Å². The molecule has 2 amide bonds. The summed E-state index contributed by atoms with van der Waals surface area (Å²) >= 11 is 1.22. The van der Waals surface area contributed by atoms with E-state index < -0.39 is 0 Å². The van der Waals surface area contributed by atoms with Gasteiger partial charge in [-0.3, -0.25) is 14.7 Å². The average molecular weight is 264 g/mol. The first-order valence-electron chi connectivity index (χ1n) is 5.25. The summed E-state index contributed by atoms with van der Waals surface area (Å²) in [6.45, 7) is 3.27. The van der Waals surface area contributed by atoms with Gasteiger partial charge in [-0.1, -0.05) is 0 Å². The lowest BCUT2D eigenvalue weighted by atomic mass is 10.3. The first-order chi connectivity index (χ1) is 8.56. The van der Waals surface area contributed by atoms with Crippen LogP contribution in [0.3, 0.4) is 0 Å². The fraction of sp³-hybridized carbons (Fsp3) is 0.182. The lowest BCUT2D eigenvalue weighted by Gasteiger charge is -2.01. The fourth-order valence-electron chi connectivity index (χ4n) is 1.35. The molecule has 0 aliphatic carbocycles. The van der Waals surface area contributed by atoms with Crippen LogP contribution in [0.5, 0.6) is 0 Å². The van der Waals surface area contributed by atoms with Crippen molar-refractivity contribution >= 4 is 34.0 Å². The van der Waals surface area contributed by atoms with Crippen LogP contribution in [-0.2, 0) is 4.79 Å². The molecule has 0 atom stereocenters. The molecule has 0 radical (unpaired) electrons. The molecule has 0 fully saturated rings. The second-order valence-electron chi connectivity index (χ2n) is 3.73. The zero-order chi connectivity index (χ0) is 13.1. The van der Waals surface area contributed by atoms with Crippen molar-refractivity contribution < 1.29 is 9.59 Å². The first kappa shape index (κ1) is 12.3. The predicted octanol–water partition coefficient (Wildman–Crippen LogP) is 1.99. The highest BCUT2D eigenvalue weighted by Gasteiger charge is 2.11. The van der Waals surface area contributed by atoms with Crippen LogP contribution >= 0.6 is 11.3 Å². The number of anilines is 2. The predicted molar refractivity (Wildman–Crippen MR) is 69.9 cm³/mol. The van der Waals surface area contributed by atoms with Crippen LogP contribution in [0.1, 0.15) is 22.2 Å². The molecule has 0 unspecified atom stereocenters. The van der Waals surface area contributed by atoms with E-state index in [0.717, 1.165) is 5.56 Å². The molecule has 2 heterocycles. The number of carbonyl (C=O) groups excluding carboxylic acids is 2. The van der Waals surface area contributed by atoms with Crippen LogP contribution in [0.25, 0.3) is 0 Å². The Morgan fingerprint density at radius 3 is 2.72 bits per heavy atom. The number of nitrogens with zero attached hydrogens (tertiary/aromatic N) is 1. The number of carbonyl (C=O) groups is 2. The molecule has 18 heavy (non-hydrogen) atoms. The highest BCUT2D eigenvalue weighted by Crippen LogP contribution is 2.23. The van der Waals surface area contributed by atoms with Crippen LogP contribution in [0.15, 0.2) is 18.3 Å². The van der Waals surface area contributed by atoms with Gasteiger partial charge in [-0.05, 0) is 19.1 Å². The maximum Gasteiger partial charge on any atom is 0.266 e. The number of thiophene rings is 1. The molecule has 0 saturated carbocycles. The number of amides is 2. The van der Waals surface area contributed by atoms with Gasteiger partial charge in [0.2, 0.25) is 5.91 Å². The van der Waals surface area contributed by atoms with Gasteiger partial charge in [0, 0.05) is 12.5 Å². The molecule has 0 aliphatic rings. The molecule has 0 aliphatic heterocycles. The second kappa shape index (κ2) is 5.01. The first-order valence-corrected chi connectivity index (χ1v) is 6.06. The lowest BCUT2D eigenvalue weighted by Crippen LogP contribution is -2.11. The minimum absolute atomic E-state index is 0.159. The molecule has 2 rings (SSSR count). The van der Waals surface area contributed by atoms with Crippen LogP contribution in [0, 0.1) is 6.92 Å². The van der Waals surface area contributed by atoms with Crippen molar-refractivity contribution in [2.45, 2.75) is 13.8 Å². The smallest absolute Gasteiger partial charge is 0.266 e. The number of aromatic amines is 1. The number of H-pyrrole nitrogens is 1. The number of aryl methyl sites for hydroxylation is 1. The Hall–Kier alpha value is -2.15. The number of hydrogen-bond acceptors (Lipinski definition) is 4. The van der Waals surface area contributed by atoms with Gasteiger partial charge in [-0.15, -0.1) is 11.3 Å². The number of hydrogen-bond donors (Lipinski definition) is 3. The van der Waals surface area contributed by atoms with Gasteiger partial charge in [0.25, 0.3) is 5.91 Å². The van der Waals surface area contributed by atoms with Crippen molar-refractivity contribution in [3.63, 3.8) is 0 Å². The van der Waals surface area contributed by atoms with Gasteiger partial charge < -0.3 is 10.6 Å². The monoisotopic (exact) mass is 264 g/mol. The van der Waals surface area contributed by atoms with Crippen molar-refractivity contribution in [2.75, 3.05) is 10.6 Å². The number of nitrogens with one attached hydrogen (secondary N) is 3. The molecule has 2 aromatic rings. The summed E-state index contributed by atoms with van der Waals surface area (Å²) in [5, 5.41) is 12.5. The Labute approximate surface area is 107 Å². The van der Waals surface area contributed by atoms with E-state index in [1.807, 2.05) is 6.92 Å².